The molecule has 88 valence electrons. The molecule has 0 aliphatic carbocycles. The molecule has 2 aromatic carbocycles. The van der Waals surface area contributed by atoms with E-state index in [1.165, 1.54) is 5.56 Å². The van der Waals surface area contributed by atoms with Gasteiger partial charge < -0.3 is 0 Å². The van der Waals surface area contributed by atoms with Crippen LogP contribution in [0.1, 0.15) is 35.7 Å². The van der Waals surface area contributed by atoms with E-state index >= 15 is 0 Å². The van der Waals surface area contributed by atoms with Crippen LogP contribution in [0.25, 0.3) is 10.8 Å². The van der Waals surface area contributed by atoms with Gasteiger partial charge in [-0.2, -0.15) is 0 Å². The average molecular weight is 247 g/mol. The van der Waals surface area contributed by atoms with Gasteiger partial charge in [-0.1, -0.05) is 50.2 Å². The van der Waals surface area contributed by atoms with Crippen LogP contribution in [0.4, 0.5) is 0 Å². The zero-order valence-electron chi connectivity index (χ0n) is 10.0. The summed E-state index contributed by atoms with van der Waals surface area (Å²) in [6.07, 6.45) is 0. The third-order valence-electron chi connectivity index (χ3n) is 3.00. The van der Waals surface area contributed by atoms with Crippen molar-refractivity contribution < 1.29 is 4.79 Å². The van der Waals surface area contributed by atoms with Crippen LogP contribution in [-0.2, 0) is 0 Å². The summed E-state index contributed by atoms with van der Waals surface area (Å²) in [6, 6.07) is 11.9. The van der Waals surface area contributed by atoms with Gasteiger partial charge in [0.1, 0.15) is 0 Å². The molecule has 2 aromatic rings. The predicted molar refractivity (Wildman–Crippen MR) is 73.1 cm³/mol. The SMILES string of the molecule is CC(C)c1ccc(C(=O)CCl)c2ccccc12. The number of Topliss-reactive ketones (excluding diaryl/α,β-unsaturated/α-hetero) is 1. The maximum atomic E-state index is 11.8. The van der Waals surface area contributed by atoms with Gasteiger partial charge in [0.05, 0.1) is 5.88 Å². The van der Waals surface area contributed by atoms with E-state index in [4.69, 9.17) is 11.6 Å². The number of fused-ring (bicyclic) bond motifs is 1. The van der Waals surface area contributed by atoms with Crippen LogP contribution in [0, 0.1) is 0 Å². The first kappa shape index (κ1) is 12.1. The van der Waals surface area contributed by atoms with Crippen molar-refractivity contribution in [2.75, 3.05) is 5.88 Å². The molecule has 0 aromatic heterocycles. The van der Waals surface area contributed by atoms with Crippen LogP contribution in [0.15, 0.2) is 36.4 Å². The molecule has 2 rings (SSSR count). The summed E-state index contributed by atoms with van der Waals surface area (Å²) in [5.41, 5.74) is 1.99. The average Bonchev–Trinajstić information content (AvgIpc) is 2.36. The maximum absolute atomic E-state index is 11.8. The highest BCUT2D eigenvalue weighted by atomic mass is 35.5. The lowest BCUT2D eigenvalue weighted by Crippen LogP contribution is -2.02. The minimum atomic E-state index is -0.0156. The van der Waals surface area contributed by atoms with Crippen molar-refractivity contribution in [2.45, 2.75) is 19.8 Å². The lowest BCUT2D eigenvalue weighted by Gasteiger charge is -2.12. The van der Waals surface area contributed by atoms with Gasteiger partial charge in [0.15, 0.2) is 5.78 Å². The highest BCUT2D eigenvalue weighted by molar-refractivity contribution is 6.32. The number of halogens is 1. The van der Waals surface area contributed by atoms with E-state index in [0.29, 0.717) is 5.92 Å². The largest absolute Gasteiger partial charge is 0.293 e. The lowest BCUT2D eigenvalue weighted by molar-refractivity contribution is 0.102. The fourth-order valence-electron chi connectivity index (χ4n) is 2.14. The van der Waals surface area contributed by atoms with E-state index in [0.717, 1.165) is 16.3 Å². The first-order valence-electron chi connectivity index (χ1n) is 5.76. The molecular weight excluding hydrogens is 232 g/mol. The van der Waals surface area contributed by atoms with E-state index in [1.54, 1.807) is 0 Å². The molecule has 0 radical (unpaired) electrons. The summed E-state index contributed by atoms with van der Waals surface area (Å²) in [4.78, 5) is 11.8. The van der Waals surface area contributed by atoms with Crippen molar-refractivity contribution in [1.29, 1.82) is 0 Å². The molecule has 0 atom stereocenters. The van der Waals surface area contributed by atoms with Crippen LogP contribution in [0.3, 0.4) is 0 Å². The van der Waals surface area contributed by atoms with Crippen molar-refractivity contribution in [2.24, 2.45) is 0 Å². The highest BCUT2D eigenvalue weighted by Gasteiger charge is 2.12. The Morgan fingerprint density at radius 2 is 1.76 bits per heavy atom. The van der Waals surface area contributed by atoms with Crippen LogP contribution < -0.4 is 0 Å². The molecule has 0 aliphatic rings. The van der Waals surface area contributed by atoms with Crippen molar-refractivity contribution in [3.8, 4) is 0 Å². The Morgan fingerprint density at radius 1 is 1.12 bits per heavy atom. The number of hydrogen-bond donors (Lipinski definition) is 0. The maximum Gasteiger partial charge on any atom is 0.178 e. The van der Waals surface area contributed by atoms with E-state index in [1.807, 2.05) is 30.3 Å². The molecule has 17 heavy (non-hydrogen) atoms. The van der Waals surface area contributed by atoms with E-state index in [-0.39, 0.29) is 11.7 Å². The van der Waals surface area contributed by atoms with Crippen LogP contribution in [0.5, 0.6) is 0 Å². The number of benzene rings is 2. The molecule has 0 spiro atoms. The van der Waals surface area contributed by atoms with Gasteiger partial charge in [0.2, 0.25) is 0 Å². The monoisotopic (exact) mass is 246 g/mol. The summed E-state index contributed by atoms with van der Waals surface area (Å²) in [5.74, 6) is 0.462. The summed E-state index contributed by atoms with van der Waals surface area (Å²) in [6.45, 7) is 4.32. The number of carbonyl (C=O) groups excluding carboxylic acids is 1. The topological polar surface area (TPSA) is 17.1 Å². The quantitative estimate of drug-likeness (QED) is 0.580. The third-order valence-corrected chi connectivity index (χ3v) is 3.24. The Balaban J connectivity index is 2.75. The number of ketones is 1. The standard InChI is InChI=1S/C15H15ClO/c1-10(2)11-7-8-14(15(17)9-16)13-6-4-3-5-12(11)13/h3-8,10H,9H2,1-2H3. The Kier molecular flexibility index (Phi) is 3.49. The van der Waals surface area contributed by atoms with Crippen LogP contribution in [0.2, 0.25) is 0 Å². The van der Waals surface area contributed by atoms with E-state index in [2.05, 4.69) is 19.9 Å². The Bertz CT molecular complexity index is 558. The second-order valence-electron chi connectivity index (χ2n) is 4.46. The van der Waals surface area contributed by atoms with Gasteiger partial charge in [-0.05, 0) is 22.3 Å². The fourth-order valence-corrected chi connectivity index (χ4v) is 2.28. The molecule has 0 saturated carbocycles. The molecule has 0 amide bonds. The first-order chi connectivity index (χ1) is 8.15. The zero-order chi connectivity index (χ0) is 12.4. The molecule has 0 aliphatic heterocycles. The normalized spacial score (nSPS) is 11.1. The Hall–Kier alpha value is -1.34. The van der Waals surface area contributed by atoms with Gasteiger partial charge in [0, 0.05) is 5.56 Å². The number of hydrogen-bond acceptors (Lipinski definition) is 1. The molecule has 1 nitrogen and oxygen atoms in total. The smallest absolute Gasteiger partial charge is 0.178 e. The molecule has 0 N–H and O–H groups in total. The summed E-state index contributed by atoms with van der Waals surface area (Å²) in [5, 5.41) is 2.16. The first-order valence-corrected chi connectivity index (χ1v) is 6.29. The Morgan fingerprint density at radius 3 is 2.35 bits per heavy atom. The second-order valence-corrected chi connectivity index (χ2v) is 4.73. The van der Waals surface area contributed by atoms with Crippen molar-refractivity contribution in [3.05, 3.63) is 47.5 Å². The van der Waals surface area contributed by atoms with E-state index in [9.17, 15) is 4.79 Å². The van der Waals surface area contributed by atoms with Crippen LogP contribution in [-0.4, -0.2) is 11.7 Å². The molecule has 0 saturated heterocycles. The molecular formula is C15H15ClO. The minimum Gasteiger partial charge on any atom is -0.293 e. The van der Waals surface area contributed by atoms with Crippen molar-refractivity contribution >= 4 is 28.2 Å². The van der Waals surface area contributed by atoms with Gasteiger partial charge in [-0.25, -0.2) is 0 Å². The number of carbonyl (C=O) groups is 1. The number of rotatable bonds is 3. The van der Waals surface area contributed by atoms with Crippen molar-refractivity contribution in [1.82, 2.24) is 0 Å². The molecule has 2 heteroatoms. The van der Waals surface area contributed by atoms with E-state index < -0.39 is 0 Å². The fraction of sp³-hybridized carbons (Fsp3) is 0.267. The lowest BCUT2D eigenvalue weighted by atomic mass is 9.92. The zero-order valence-corrected chi connectivity index (χ0v) is 10.8. The third kappa shape index (κ3) is 2.20. The van der Waals surface area contributed by atoms with Gasteiger partial charge in [-0.3, -0.25) is 4.79 Å². The molecule has 0 heterocycles. The summed E-state index contributed by atoms with van der Waals surface area (Å²) in [7, 11) is 0. The molecule has 0 fully saturated rings. The van der Waals surface area contributed by atoms with Gasteiger partial charge >= 0.3 is 0 Å². The second kappa shape index (κ2) is 4.89. The van der Waals surface area contributed by atoms with Gasteiger partial charge in [-0.15, -0.1) is 11.6 Å². The van der Waals surface area contributed by atoms with Crippen molar-refractivity contribution in [3.63, 3.8) is 0 Å². The minimum absolute atomic E-state index is 0.0156. The number of alkyl halides is 1. The molecule has 0 bridgehead atoms. The molecule has 0 unspecified atom stereocenters. The van der Waals surface area contributed by atoms with Crippen LogP contribution >= 0.6 is 11.6 Å². The van der Waals surface area contributed by atoms with Gasteiger partial charge in [0.25, 0.3) is 0 Å². The Labute approximate surface area is 106 Å². The summed E-state index contributed by atoms with van der Waals surface area (Å²) >= 11 is 5.64. The predicted octanol–water partition coefficient (Wildman–Crippen LogP) is 4.38. The highest BCUT2D eigenvalue weighted by Crippen LogP contribution is 2.28. The summed E-state index contributed by atoms with van der Waals surface area (Å²) < 4.78 is 0.